The van der Waals surface area contributed by atoms with E-state index >= 15 is 0 Å². The topological polar surface area (TPSA) is 92.5 Å². The molecule has 0 aromatic heterocycles. The number of rotatable bonds is 4. The van der Waals surface area contributed by atoms with E-state index in [1.54, 1.807) is 6.07 Å². The number of nitrogens with two attached hydrogens (primary N) is 2. The molecule has 0 saturated heterocycles. The molecule has 0 aliphatic heterocycles. The first-order valence-corrected chi connectivity index (χ1v) is 6.55. The maximum atomic E-state index is 9.71. The van der Waals surface area contributed by atoms with Gasteiger partial charge in [0.25, 0.3) is 0 Å². The number of aliphatic hydroxyl groups excluding tert-OH is 2. The normalized spacial score (nSPS) is 12.3. The predicted molar refractivity (Wildman–Crippen MR) is 82.2 cm³/mol. The first-order valence-electron chi connectivity index (χ1n) is 6.55. The summed E-state index contributed by atoms with van der Waals surface area (Å²) in [6.45, 7) is 1.72. The summed E-state index contributed by atoms with van der Waals surface area (Å²) in [6.07, 6.45) is -0.532. The van der Waals surface area contributed by atoms with E-state index < -0.39 is 6.10 Å². The van der Waals surface area contributed by atoms with Crippen molar-refractivity contribution in [2.75, 3.05) is 18.1 Å². The molecule has 0 aliphatic rings. The van der Waals surface area contributed by atoms with E-state index in [9.17, 15) is 5.11 Å². The van der Waals surface area contributed by atoms with Crippen LogP contribution in [0.4, 0.5) is 11.4 Å². The number of aliphatic hydroxyl groups is 2. The van der Waals surface area contributed by atoms with Crippen LogP contribution in [0, 0.1) is 6.92 Å². The summed E-state index contributed by atoms with van der Waals surface area (Å²) in [4.78, 5) is 0. The molecule has 4 heteroatoms. The van der Waals surface area contributed by atoms with Gasteiger partial charge < -0.3 is 21.7 Å². The first-order chi connectivity index (χ1) is 9.52. The maximum absolute atomic E-state index is 9.71. The molecule has 0 radical (unpaired) electrons. The van der Waals surface area contributed by atoms with Gasteiger partial charge in [-0.25, -0.2) is 0 Å². The number of hydrogen-bond donors (Lipinski definition) is 4. The highest BCUT2D eigenvalue weighted by atomic mass is 16.3. The van der Waals surface area contributed by atoms with Crippen molar-refractivity contribution in [3.05, 3.63) is 47.5 Å². The number of anilines is 2. The third kappa shape index (κ3) is 2.92. The molecule has 0 bridgehead atoms. The van der Waals surface area contributed by atoms with Gasteiger partial charge in [0, 0.05) is 17.8 Å². The molecule has 0 fully saturated rings. The Bertz CT molecular complexity index is 611. The Morgan fingerprint density at radius 2 is 1.80 bits per heavy atom. The summed E-state index contributed by atoms with van der Waals surface area (Å²) in [7, 11) is 0. The summed E-state index contributed by atoms with van der Waals surface area (Å²) in [5.74, 6) is 0. The third-order valence-electron chi connectivity index (χ3n) is 3.39. The zero-order chi connectivity index (χ0) is 14.7. The minimum Gasteiger partial charge on any atom is -0.399 e. The van der Waals surface area contributed by atoms with Gasteiger partial charge in [-0.2, -0.15) is 0 Å². The van der Waals surface area contributed by atoms with Crippen LogP contribution in [-0.4, -0.2) is 22.9 Å². The second kappa shape index (κ2) is 5.94. The highest BCUT2D eigenvalue weighted by Crippen LogP contribution is 2.33. The molecule has 2 rings (SSSR count). The van der Waals surface area contributed by atoms with Crippen LogP contribution >= 0.6 is 0 Å². The van der Waals surface area contributed by atoms with Crippen LogP contribution in [-0.2, 0) is 6.42 Å². The Morgan fingerprint density at radius 1 is 1.10 bits per heavy atom. The Balaban J connectivity index is 2.59. The van der Waals surface area contributed by atoms with Gasteiger partial charge in [0.1, 0.15) is 0 Å². The van der Waals surface area contributed by atoms with E-state index in [4.69, 9.17) is 16.6 Å². The van der Waals surface area contributed by atoms with Crippen molar-refractivity contribution in [1.29, 1.82) is 0 Å². The van der Waals surface area contributed by atoms with Crippen LogP contribution in [0.3, 0.4) is 0 Å². The number of benzene rings is 2. The van der Waals surface area contributed by atoms with Crippen molar-refractivity contribution in [3.8, 4) is 11.1 Å². The van der Waals surface area contributed by atoms with E-state index in [2.05, 4.69) is 0 Å². The van der Waals surface area contributed by atoms with E-state index in [-0.39, 0.29) is 6.61 Å². The smallest absolute Gasteiger partial charge is 0.0812 e. The molecule has 0 heterocycles. The summed E-state index contributed by atoms with van der Waals surface area (Å²) in [5.41, 5.74) is 16.9. The first kappa shape index (κ1) is 14.4. The van der Waals surface area contributed by atoms with E-state index in [0.717, 1.165) is 22.3 Å². The fourth-order valence-corrected chi connectivity index (χ4v) is 2.36. The molecule has 106 valence electrons. The SMILES string of the molecule is Cc1ccccc1-c1cc(N)cc(N)c1CC(O)CO. The average molecular weight is 272 g/mol. The van der Waals surface area contributed by atoms with Gasteiger partial charge in [-0.15, -0.1) is 0 Å². The lowest BCUT2D eigenvalue weighted by Gasteiger charge is -2.17. The van der Waals surface area contributed by atoms with Gasteiger partial charge in [0.15, 0.2) is 0 Å². The minimum absolute atomic E-state index is 0.295. The van der Waals surface area contributed by atoms with Crippen LogP contribution in [0.5, 0.6) is 0 Å². The molecule has 0 saturated carbocycles. The quantitative estimate of drug-likeness (QED) is 0.638. The van der Waals surface area contributed by atoms with E-state index in [0.29, 0.717) is 17.8 Å². The van der Waals surface area contributed by atoms with Crippen LogP contribution in [0.25, 0.3) is 11.1 Å². The van der Waals surface area contributed by atoms with Gasteiger partial charge in [-0.1, -0.05) is 24.3 Å². The average Bonchev–Trinajstić information content (AvgIpc) is 2.42. The van der Waals surface area contributed by atoms with Gasteiger partial charge in [-0.05, 0) is 41.3 Å². The van der Waals surface area contributed by atoms with Gasteiger partial charge in [-0.3, -0.25) is 0 Å². The lowest BCUT2D eigenvalue weighted by Crippen LogP contribution is -2.17. The molecule has 0 amide bonds. The molecular formula is C16H20N2O2. The van der Waals surface area contributed by atoms with Gasteiger partial charge >= 0.3 is 0 Å². The van der Waals surface area contributed by atoms with Crippen molar-refractivity contribution in [2.24, 2.45) is 0 Å². The Labute approximate surface area is 118 Å². The standard InChI is InChI=1S/C16H20N2O2/c1-10-4-2-3-5-13(10)14-6-11(17)7-16(18)15(14)8-12(20)9-19/h2-7,12,19-20H,8-9,17-18H2,1H3. The zero-order valence-corrected chi connectivity index (χ0v) is 11.5. The monoisotopic (exact) mass is 272 g/mol. The minimum atomic E-state index is -0.830. The highest BCUT2D eigenvalue weighted by Gasteiger charge is 2.15. The highest BCUT2D eigenvalue weighted by molar-refractivity contribution is 5.79. The van der Waals surface area contributed by atoms with Crippen LogP contribution in [0.15, 0.2) is 36.4 Å². The number of hydrogen-bond acceptors (Lipinski definition) is 4. The largest absolute Gasteiger partial charge is 0.399 e. The van der Waals surface area contributed by atoms with Crippen molar-refractivity contribution in [2.45, 2.75) is 19.4 Å². The number of aryl methyl sites for hydroxylation is 1. The Morgan fingerprint density at radius 3 is 2.45 bits per heavy atom. The summed E-state index contributed by atoms with van der Waals surface area (Å²) in [6, 6.07) is 11.5. The van der Waals surface area contributed by atoms with Crippen LogP contribution in [0.2, 0.25) is 0 Å². The molecule has 0 spiro atoms. The van der Waals surface area contributed by atoms with Crippen molar-refractivity contribution in [1.82, 2.24) is 0 Å². The molecular weight excluding hydrogens is 252 g/mol. The predicted octanol–water partition coefficient (Wildman–Crippen LogP) is 1.72. The second-order valence-electron chi connectivity index (χ2n) is 4.99. The van der Waals surface area contributed by atoms with E-state index in [1.165, 1.54) is 0 Å². The summed E-state index contributed by atoms with van der Waals surface area (Å²) < 4.78 is 0. The van der Waals surface area contributed by atoms with Crippen LogP contribution in [0.1, 0.15) is 11.1 Å². The number of nitrogen functional groups attached to an aromatic ring is 2. The second-order valence-corrected chi connectivity index (χ2v) is 4.99. The Hall–Kier alpha value is -2.04. The molecule has 2 aromatic rings. The molecule has 2 aromatic carbocycles. The summed E-state index contributed by atoms with van der Waals surface area (Å²) in [5, 5.41) is 18.8. The van der Waals surface area contributed by atoms with Crippen LogP contribution < -0.4 is 11.5 Å². The van der Waals surface area contributed by atoms with Crippen molar-refractivity contribution < 1.29 is 10.2 Å². The van der Waals surface area contributed by atoms with Crippen molar-refractivity contribution >= 4 is 11.4 Å². The fourth-order valence-electron chi connectivity index (χ4n) is 2.36. The van der Waals surface area contributed by atoms with Crippen molar-refractivity contribution in [3.63, 3.8) is 0 Å². The van der Waals surface area contributed by atoms with Gasteiger partial charge in [0.2, 0.25) is 0 Å². The molecule has 4 nitrogen and oxygen atoms in total. The molecule has 1 atom stereocenters. The lowest BCUT2D eigenvalue weighted by molar-refractivity contribution is 0.0957. The maximum Gasteiger partial charge on any atom is 0.0812 e. The Kier molecular flexibility index (Phi) is 4.27. The molecule has 20 heavy (non-hydrogen) atoms. The van der Waals surface area contributed by atoms with Gasteiger partial charge in [0.05, 0.1) is 12.7 Å². The molecule has 1 unspecified atom stereocenters. The lowest BCUT2D eigenvalue weighted by atomic mass is 9.91. The third-order valence-corrected chi connectivity index (χ3v) is 3.39. The molecule has 0 aliphatic carbocycles. The zero-order valence-electron chi connectivity index (χ0n) is 11.5. The summed E-state index contributed by atoms with van der Waals surface area (Å²) >= 11 is 0. The fraction of sp³-hybridized carbons (Fsp3) is 0.250. The van der Waals surface area contributed by atoms with E-state index in [1.807, 2.05) is 37.3 Å². The molecule has 6 N–H and O–H groups in total.